The van der Waals surface area contributed by atoms with Crippen molar-refractivity contribution in [1.29, 1.82) is 0 Å². The minimum Gasteiger partial charge on any atom is -0.494 e. The quantitative estimate of drug-likeness (QED) is 0.788. The van der Waals surface area contributed by atoms with Gasteiger partial charge in [0, 0.05) is 6.61 Å². The van der Waals surface area contributed by atoms with E-state index in [0.29, 0.717) is 6.10 Å². The summed E-state index contributed by atoms with van der Waals surface area (Å²) in [7, 11) is 1.67. The van der Waals surface area contributed by atoms with Gasteiger partial charge in [0.2, 0.25) is 0 Å². The van der Waals surface area contributed by atoms with Crippen molar-refractivity contribution in [3.05, 3.63) is 24.5 Å². The summed E-state index contributed by atoms with van der Waals surface area (Å²) in [6, 6.07) is 5.98. The van der Waals surface area contributed by atoms with Crippen LogP contribution >= 0.6 is 0 Å². The van der Waals surface area contributed by atoms with Crippen LogP contribution in [0.1, 0.15) is 6.42 Å². The van der Waals surface area contributed by atoms with Gasteiger partial charge >= 0.3 is 0 Å². The number of imidazole rings is 1. The second kappa shape index (κ2) is 3.79. The zero-order chi connectivity index (χ0) is 11.0. The first kappa shape index (κ1) is 9.66. The maximum atomic E-state index is 5.43. The molecule has 84 valence electrons. The molecule has 0 aliphatic carbocycles. The first-order valence-corrected chi connectivity index (χ1v) is 5.48. The Hall–Kier alpha value is -1.55. The second-order valence-corrected chi connectivity index (χ2v) is 4.01. The second-order valence-electron chi connectivity index (χ2n) is 4.01. The average molecular weight is 218 g/mol. The van der Waals surface area contributed by atoms with Crippen molar-refractivity contribution >= 4 is 11.0 Å². The van der Waals surface area contributed by atoms with E-state index in [0.717, 1.165) is 36.4 Å². The van der Waals surface area contributed by atoms with Crippen molar-refractivity contribution in [1.82, 2.24) is 9.55 Å². The molecule has 0 amide bonds. The third-order valence-electron chi connectivity index (χ3n) is 3.03. The topological polar surface area (TPSA) is 36.3 Å². The standard InChI is InChI=1S/C12H14N2O2/c1-15-11-4-2-3-10-12(11)13-8-14(10)7-9-5-6-16-9/h2-4,8-9H,5-7H2,1H3/t9-/m0/s1. The summed E-state index contributed by atoms with van der Waals surface area (Å²) in [4.78, 5) is 4.38. The molecule has 16 heavy (non-hydrogen) atoms. The third kappa shape index (κ3) is 1.46. The summed E-state index contributed by atoms with van der Waals surface area (Å²) in [5.41, 5.74) is 2.03. The van der Waals surface area contributed by atoms with E-state index >= 15 is 0 Å². The lowest BCUT2D eigenvalue weighted by atomic mass is 10.2. The molecule has 1 aliphatic heterocycles. The summed E-state index contributed by atoms with van der Waals surface area (Å²) in [5.74, 6) is 0.825. The lowest BCUT2D eigenvalue weighted by Crippen LogP contribution is -2.30. The molecule has 0 bridgehead atoms. The lowest BCUT2D eigenvalue weighted by Gasteiger charge is -2.26. The van der Waals surface area contributed by atoms with E-state index in [1.54, 1.807) is 7.11 Å². The number of fused-ring (bicyclic) bond motifs is 1. The van der Waals surface area contributed by atoms with Crippen molar-refractivity contribution in [2.24, 2.45) is 0 Å². The zero-order valence-corrected chi connectivity index (χ0v) is 9.22. The van der Waals surface area contributed by atoms with Gasteiger partial charge in [-0.1, -0.05) is 6.07 Å². The van der Waals surface area contributed by atoms with Crippen molar-refractivity contribution in [3.63, 3.8) is 0 Å². The number of nitrogens with zero attached hydrogens (tertiary/aromatic N) is 2. The van der Waals surface area contributed by atoms with Crippen LogP contribution in [0, 0.1) is 0 Å². The van der Waals surface area contributed by atoms with E-state index in [-0.39, 0.29) is 0 Å². The van der Waals surface area contributed by atoms with Crippen LogP contribution in [0.15, 0.2) is 24.5 Å². The normalized spacial score (nSPS) is 19.7. The maximum absolute atomic E-state index is 5.43. The molecule has 4 heteroatoms. The number of methoxy groups -OCH3 is 1. The Morgan fingerprint density at radius 1 is 1.56 bits per heavy atom. The summed E-state index contributed by atoms with van der Waals surface area (Å²) < 4.78 is 12.8. The van der Waals surface area contributed by atoms with Gasteiger partial charge in [-0.25, -0.2) is 4.98 Å². The molecule has 1 aliphatic rings. The van der Waals surface area contributed by atoms with Crippen LogP contribution in [-0.4, -0.2) is 29.4 Å². The van der Waals surface area contributed by atoms with Crippen LogP contribution < -0.4 is 4.74 Å². The molecule has 1 fully saturated rings. The van der Waals surface area contributed by atoms with Gasteiger partial charge in [-0.15, -0.1) is 0 Å². The Balaban J connectivity index is 1.99. The van der Waals surface area contributed by atoms with E-state index < -0.39 is 0 Å². The average Bonchev–Trinajstić information content (AvgIpc) is 2.66. The van der Waals surface area contributed by atoms with Crippen LogP contribution in [0.5, 0.6) is 5.75 Å². The summed E-state index contributed by atoms with van der Waals surface area (Å²) >= 11 is 0. The Kier molecular flexibility index (Phi) is 2.29. The molecule has 2 aromatic rings. The van der Waals surface area contributed by atoms with Gasteiger partial charge in [0.25, 0.3) is 0 Å². The molecular formula is C12H14N2O2. The van der Waals surface area contributed by atoms with Crippen molar-refractivity contribution in [2.45, 2.75) is 19.1 Å². The van der Waals surface area contributed by atoms with E-state index in [1.165, 1.54) is 0 Å². The number of para-hydroxylation sites is 1. The fourth-order valence-electron chi connectivity index (χ4n) is 2.02. The smallest absolute Gasteiger partial charge is 0.146 e. The highest BCUT2D eigenvalue weighted by molar-refractivity contribution is 5.81. The van der Waals surface area contributed by atoms with Crippen LogP contribution in [0.25, 0.3) is 11.0 Å². The van der Waals surface area contributed by atoms with Crippen LogP contribution in [0.3, 0.4) is 0 Å². The molecule has 1 saturated heterocycles. The predicted octanol–water partition coefficient (Wildman–Crippen LogP) is 1.83. The van der Waals surface area contributed by atoms with Crippen LogP contribution in [0.4, 0.5) is 0 Å². The van der Waals surface area contributed by atoms with E-state index in [4.69, 9.17) is 9.47 Å². The van der Waals surface area contributed by atoms with Gasteiger partial charge in [0.05, 0.1) is 31.6 Å². The Labute approximate surface area is 93.8 Å². The van der Waals surface area contributed by atoms with Gasteiger partial charge in [0.1, 0.15) is 11.3 Å². The molecule has 4 nitrogen and oxygen atoms in total. The maximum Gasteiger partial charge on any atom is 0.146 e. The van der Waals surface area contributed by atoms with Gasteiger partial charge in [0.15, 0.2) is 0 Å². The van der Waals surface area contributed by atoms with E-state index in [1.807, 2.05) is 18.5 Å². The molecular weight excluding hydrogens is 204 g/mol. The number of ether oxygens (including phenoxy) is 2. The monoisotopic (exact) mass is 218 g/mol. The Morgan fingerprint density at radius 3 is 3.12 bits per heavy atom. The number of rotatable bonds is 3. The van der Waals surface area contributed by atoms with Gasteiger partial charge in [-0.2, -0.15) is 0 Å². The van der Waals surface area contributed by atoms with Crippen LogP contribution in [-0.2, 0) is 11.3 Å². The highest BCUT2D eigenvalue weighted by Gasteiger charge is 2.19. The first-order valence-electron chi connectivity index (χ1n) is 5.48. The fourth-order valence-corrected chi connectivity index (χ4v) is 2.02. The zero-order valence-electron chi connectivity index (χ0n) is 9.22. The molecule has 0 unspecified atom stereocenters. The molecule has 0 spiro atoms. The van der Waals surface area contributed by atoms with Crippen molar-refractivity contribution in [2.75, 3.05) is 13.7 Å². The fraction of sp³-hybridized carbons (Fsp3) is 0.417. The number of benzene rings is 1. The molecule has 1 aromatic carbocycles. The third-order valence-corrected chi connectivity index (χ3v) is 3.03. The number of hydrogen-bond donors (Lipinski definition) is 0. The van der Waals surface area contributed by atoms with Gasteiger partial charge in [-0.05, 0) is 18.6 Å². The number of aromatic nitrogens is 2. The van der Waals surface area contributed by atoms with Gasteiger partial charge < -0.3 is 14.0 Å². The molecule has 1 aromatic heterocycles. The van der Waals surface area contributed by atoms with Crippen molar-refractivity contribution in [3.8, 4) is 5.75 Å². The van der Waals surface area contributed by atoms with Gasteiger partial charge in [-0.3, -0.25) is 0 Å². The molecule has 0 saturated carbocycles. The van der Waals surface area contributed by atoms with Crippen molar-refractivity contribution < 1.29 is 9.47 Å². The summed E-state index contributed by atoms with van der Waals surface area (Å²) in [6.45, 7) is 1.77. The molecule has 1 atom stereocenters. The van der Waals surface area contributed by atoms with Crippen LogP contribution in [0.2, 0.25) is 0 Å². The minimum atomic E-state index is 0.351. The van der Waals surface area contributed by atoms with E-state index in [9.17, 15) is 0 Å². The largest absolute Gasteiger partial charge is 0.494 e. The van der Waals surface area contributed by atoms with E-state index in [2.05, 4.69) is 15.6 Å². The minimum absolute atomic E-state index is 0.351. The SMILES string of the molecule is COc1cccc2c1ncn2C[C@@H]1CCO1. The Morgan fingerprint density at radius 2 is 2.44 bits per heavy atom. The molecule has 0 N–H and O–H groups in total. The molecule has 3 rings (SSSR count). The highest BCUT2D eigenvalue weighted by atomic mass is 16.5. The number of hydrogen-bond acceptors (Lipinski definition) is 3. The molecule has 0 radical (unpaired) electrons. The first-order chi connectivity index (χ1) is 7.88. The summed E-state index contributed by atoms with van der Waals surface area (Å²) in [5, 5.41) is 0. The summed E-state index contributed by atoms with van der Waals surface area (Å²) in [6.07, 6.45) is 3.35. The lowest BCUT2D eigenvalue weighted by molar-refractivity contribution is -0.0586. The Bertz CT molecular complexity index is 503. The predicted molar refractivity (Wildman–Crippen MR) is 60.6 cm³/mol. The highest BCUT2D eigenvalue weighted by Crippen LogP contribution is 2.25. The molecule has 2 heterocycles.